The van der Waals surface area contributed by atoms with Gasteiger partial charge < -0.3 is 14.3 Å². The van der Waals surface area contributed by atoms with Crippen LogP contribution >= 0.6 is 11.3 Å². The molecule has 1 aliphatic heterocycles. The average Bonchev–Trinajstić information content (AvgIpc) is 3.02. The number of hydrogen-bond donors (Lipinski definition) is 0. The average molecular weight is 410 g/mol. The third-order valence-electron chi connectivity index (χ3n) is 4.83. The maximum absolute atomic E-state index is 13.7. The van der Waals surface area contributed by atoms with Gasteiger partial charge in [-0.05, 0) is 24.1 Å². The van der Waals surface area contributed by atoms with E-state index < -0.39 is 23.1 Å². The van der Waals surface area contributed by atoms with Crippen LogP contribution < -0.4 is 10.5 Å². The van der Waals surface area contributed by atoms with Crippen LogP contribution in [-0.2, 0) is 17.5 Å². The first-order valence-corrected chi connectivity index (χ1v) is 9.39. The number of aromatic nitrogens is 1. The van der Waals surface area contributed by atoms with E-state index >= 15 is 0 Å². The van der Waals surface area contributed by atoms with E-state index in [2.05, 4.69) is 4.90 Å². The molecule has 3 heterocycles. The Bertz CT molecular complexity index is 1130. The van der Waals surface area contributed by atoms with Gasteiger partial charge in [-0.25, -0.2) is 4.39 Å². The van der Waals surface area contributed by atoms with Crippen LogP contribution in [0.4, 0.5) is 23.2 Å². The van der Waals surface area contributed by atoms with E-state index in [1.807, 2.05) is 0 Å². The van der Waals surface area contributed by atoms with Crippen molar-refractivity contribution in [3.63, 3.8) is 0 Å². The Labute approximate surface area is 160 Å². The number of anilines is 1. The van der Waals surface area contributed by atoms with Gasteiger partial charge in [0.1, 0.15) is 12.1 Å². The number of carbonyl (C=O) groups excluding carboxylic acids is 1. The molecule has 1 fully saturated rings. The zero-order valence-electron chi connectivity index (χ0n) is 14.4. The Kier molecular flexibility index (Phi) is 4.49. The molecule has 0 spiro atoms. The summed E-state index contributed by atoms with van der Waals surface area (Å²) in [5.41, 5.74) is -0.651. The summed E-state index contributed by atoms with van der Waals surface area (Å²) in [6, 6.07) is 2.70. The summed E-state index contributed by atoms with van der Waals surface area (Å²) in [5.74, 6) is -1.37. The van der Waals surface area contributed by atoms with Crippen LogP contribution in [0, 0.1) is 5.82 Å². The minimum atomic E-state index is -4.84. The predicted octanol–water partition coefficient (Wildman–Crippen LogP) is 4.30. The van der Waals surface area contributed by atoms with E-state index in [9.17, 15) is 27.2 Å². The third-order valence-corrected chi connectivity index (χ3v) is 5.83. The molecule has 0 saturated carbocycles. The van der Waals surface area contributed by atoms with E-state index in [1.54, 1.807) is 11.6 Å². The largest absolute Gasteiger partial charge is 0.419 e. The fourth-order valence-electron chi connectivity index (χ4n) is 3.29. The summed E-state index contributed by atoms with van der Waals surface area (Å²) >= 11 is 1.25. The summed E-state index contributed by atoms with van der Waals surface area (Å²) in [5, 5.41) is 1.85. The summed E-state index contributed by atoms with van der Waals surface area (Å²) in [4.78, 5) is 25.9. The van der Waals surface area contributed by atoms with Gasteiger partial charge in [0.05, 0.1) is 27.9 Å². The first kappa shape index (κ1) is 18.7. The number of thiophene rings is 1. The summed E-state index contributed by atoms with van der Waals surface area (Å²) < 4.78 is 54.9. The van der Waals surface area contributed by atoms with E-state index in [4.69, 9.17) is 0 Å². The van der Waals surface area contributed by atoms with E-state index in [0.717, 1.165) is 37.3 Å². The maximum Gasteiger partial charge on any atom is 0.419 e. The van der Waals surface area contributed by atoms with Crippen LogP contribution in [-0.4, -0.2) is 23.9 Å². The van der Waals surface area contributed by atoms with Crippen LogP contribution in [0.5, 0.6) is 0 Å². The molecule has 0 radical (unpaired) electrons. The highest BCUT2D eigenvalue weighted by molar-refractivity contribution is 7.18. The lowest BCUT2D eigenvalue weighted by Gasteiger charge is -2.33. The molecule has 9 heteroatoms. The van der Waals surface area contributed by atoms with Crippen molar-refractivity contribution in [2.75, 3.05) is 18.0 Å². The Morgan fingerprint density at radius 1 is 1.21 bits per heavy atom. The molecule has 1 aromatic carbocycles. The number of halogens is 4. The minimum absolute atomic E-state index is 0.107. The Balaban J connectivity index is 1.97. The Morgan fingerprint density at radius 2 is 1.96 bits per heavy atom. The van der Waals surface area contributed by atoms with E-state index in [1.165, 1.54) is 22.0 Å². The molecule has 4 rings (SSSR count). The first-order valence-electron chi connectivity index (χ1n) is 8.51. The lowest BCUT2D eigenvalue weighted by Crippen LogP contribution is -2.38. The number of carbonyl (C=O) groups is 1. The van der Waals surface area contributed by atoms with Gasteiger partial charge in [0.2, 0.25) is 0 Å². The molecule has 2 aromatic heterocycles. The summed E-state index contributed by atoms with van der Waals surface area (Å²) in [6.45, 7) is 1.45. The molecule has 0 bridgehead atoms. The second-order valence-electron chi connectivity index (χ2n) is 6.53. The van der Waals surface area contributed by atoms with Crippen molar-refractivity contribution in [3.8, 4) is 11.1 Å². The van der Waals surface area contributed by atoms with Gasteiger partial charge in [0.25, 0.3) is 5.56 Å². The van der Waals surface area contributed by atoms with Gasteiger partial charge in [0, 0.05) is 30.2 Å². The van der Waals surface area contributed by atoms with Crippen molar-refractivity contribution in [1.29, 1.82) is 0 Å². The Hall–Kier alpha value is -2.68. The van der Waals surface area contributed by atoms with Crippen molar-refractivity contribution in [2.24, 2.45) is 0 Å². The number of alkyl halides is 3. The molecule has 28 heavy (non-hydrogen) atoms. The van der Waals surface area contributed by atoms with Crippen molar-refractivity contribution in [2.45, 2.75) is 19.1 Å². The van der Waals surface area contributed by atoms with Crippen molar-refractivity contribution in [1.82, 2.24) is 4.57 Å². The predicted molar refractivity (Wildman–Crippen MR) is 99.4 cm³/mol. The molecular weight excluding hydrogens is 396 g/mol. The Morgan fingerprint density at radius 3 is 2.57 bits per heavy atom. The highest BCUT2D eigenvalue weighted by atomic mass is 32.1. The van der Waals surface area contributed by atoms with Gasteiger partial charge >= 0.3 is 6.18 Å². The van der Waals surface area contributed by atoms with E-state index in [0.29, 0.717) is 16.5 Å². The van der Waals surface area contributed by atoms with Crippen LogP contribution in [0.3, 0.4) is 0 Å². The number of hydrogen-bond acceptors (Lipinski definition) is 4. The quantitative estimate of drug-likeness (QED) is 0.476. The lowest BCUT2D eigenvalue weighted by molar-refractivity contribution is -0.139. The molecule has 1 saturated heterocycles. The van der Waals surface area contributed by atoms with Gasteiger partial charge in [-0.2, -0.15) is 13.2 Å². The SMILES string of the molecule is O=CCn1cc(N2CCC2)c2scc(-c3ccc(F)c(C(F)(F)F)c3)c2c1=O. The van der Waals surface area contributed by atoms with Crippen molar-refractivity contribution < 1.29 is 22.4 Å². The second kappa shape index (κ2) is 6.73. The normalized spacial score (nSPS) is 14.4. The van der Waals surface area contributed by atoms with Crippen LogP contribution in [0.25, 0.3) is 21.2 Å². The number of fused-ring (bicyclic) bond motifs is 1. The molecule has 0 aliphatic carbocycles. The molecule has 4 nitrogen and oxygen atoms in total. The third kappa shape index (κ3) is 2.99. The van der Waals surface area contributed by atoms with Gasteiger partial charge in [-0.15, -0.1) is 11.3 Å². The molecule has 1 aliphatic rings. The smallest absolute Gasteiger partial charge is 0.369 e. The van der Waals surface area contributed by atoms with Crippen LogP contribution in [0.2, 0.25) is 0 Å². The van der Waals surface area contributed by atoms with Gasteiger partial charge in [-0.1, -0.05) is 6.07 Å². The fourth-order valence-corrected chi connectivity index (χ4v) is 4.40. The van der Waals surface area contributed by atoms with E-state index in [-0.39, 0.29) is 17.5 Å². The molecule has 3 aromatic rings. The topological polar surface area (TPSA) is 42.3 Å². The van der Waals surface area contributed by atoms with Crippen LogP contribution in [0.1, 0.15) is 12.0 Å². The monoisotopic (exact) mass is 410 g/mol. The molecule has 0 atom stereocenters. The maximum atomic E-state index is 13.7. The second-order valence-corrected chi connectivity index (χ2v) is 7.40. The van der Waals surface area contributed by atoms with Crippen LogP contribution in [0.15, 0.2) is 34.6 Å². The first-order chi connectivity index (χ1) is 13.3. The standard InChI is InChI=1S/C19H14F4N2O2S/c20-14-3-2-11(8-13(14)19(21,22)23)12-10-28-17-15(24-4-1-5-24)9-25(6-7-26)18(27)16(12)17/h2-3,7-10H,1,4-6H2. The number of benzene rings is 1. The highest BCUT2D eigenvalue weighted by Crippen LogP contribution is 2.40. The molecule has 0 N–H and O–H groups in total. The molecule has 0 amide bonds. The summed E-state index contributed by atoms with van der Waals surface area (Å²) in [7, 11) is 0. The van der Waals surface area contributed by atoms with Gasteiger partial charge in [-0.3, -0.25) is 4.79 Å². The lowest BCUT2D eigenvalue weighted by atomic mass is 10.0. The molecular formula is C19H14F4N2O2S. The zero-order valence-corrected chi connectivity index (χ0v) is 15.2. The number of rotatable bonds is 4. The number of aldehydes is 1. The minimum Gasteiger partial charge on any atom is -0.369 e. The number of pyridine rings is 1. The number of nitrogens with zero attached hydrogens (tertiary/aromatic N) is 2. The van der Waals surface area contributed by atoms with Gasteiger partial charge in [0.15, 0.2) is 0 Å². The zero-order chi connectivity index (χ0) is 20.1. The van der Waals surface area contributed by atoms with Crippen molar-refractivity contribution >= 4 is 33.4 Å². The summed E-state index contributed by atoms with van der Waals surface area (Å²) in [6.07, 6.45) is -1.63. The fraction of sp³-hybridized carbons (Fsp3) is 0.263. The van der Waals surface area contributed by atoms with Crippen molar-refractivity contribution in [3.05, 3.63) is 51.5 Å². The molecule has 146 valence electrons. The highest BCUT2D eigenvalue weighted by Gasteiger charge is 2.34. The molecule has 0 unspecified atom stereocenters.